The van der Waals surface area contributed by atoms with Crippen LogP contribution in [0.25, 0.3) is 0 Å². The average Bonchev–Trinajstić information content (AvgIpc) is 2.44. The second kappa shape index (κ2) is 7.72. The molecule has 0 saturated heterocycles. The smallest absolute Gasteiger partial charge is 0.116 e. The van der Waals surface area contributed by atoms with Gasteiger partial charge in [-0.2, -0.15) is 0 Å². The van der Waals surface area contributed by atoms with Crippen molar-refractivity contribution >= 4 is 0 Å². The summed E-state index contributed by atoms with van der Waals surface area (Å²) in [6.07, 6.45) is 3.29. The maximum absolute atomic E-state index is 14.1. The Morgan fingerprint density at radius 2 is 1.82 bits per heavy atom. The molecule has 0 spiro atoms. The number of alkyl halides is 3. The molecule has 0 nitrogen and oxygen atoms in total. The molecular formula is C13H24F4. The average molecular weight is 256 g/mol. The number of hydrogen-bond acceptors (Lipinski definition) is 0. The van der Waals surface area contributed by atoms with Gasteiger partial charge in [0.15, 0.2) is 0 Å². The standard InChI is InChI=1S/C10H18F2.C3H5F.FH/c1-8-4-5-9(2,6-7-11)10(8,3)12;1-2-3-4;/h8H,4-7H2,1-3H3;2H,1,3H2;1H. The SMILES string of the molecule is C=CCF.CC1CCC(C)(CCF)C1(C)F.F. The highest BCUT2D eigenvalue weighted by atomic mass is 19.1. The van der Waals surface area contributed by atoms with E-state index in [1.165, 1.54) is 6.08 Å². The van der Waals surface area contributed by atoms with E-state index in [4.69, 9.17) is 0 Å². The van der Waals surface area contributed by atoms with Crippen molar-refractivity contribution in [1.82, 2.24) is 0 Å². The number of hydrogen-bond donors (Lipinski definition) is 0. The zero-order valence-corrected chi connectivity index (χ0v) is 10.9. The summed E-state index contributed by atoms with van der Waals surface area (Å²) in [7, 11) is 0. The molecule has 0 amide bonds. The second-order valence-corrected chi connectivity index (χ2v) is 4.96. The van der Waals surface area contributed by atoms with Crippen molar-refractivity contribution in [3.05, 3.63) is 12.7 Å². The van der Waals surface area contributed by atoms with Gasteiger partial charge in [-0.3, -0.25) is 9.09 Å². The molecule has 0 aromatic rings. The summed E-state index contributed by atoms with van der Waals surface area (Å²) in [6, 6.07) is 0. The van der Waals surface area contributed by atoms with Crippen molar-refractivity contribution in [1.29, 1.82) is 0 Å². The lowest BCUT2D eigenvalue weighted by Gasteiger charge is -2.36. The molecule has 3 atom stereocenters. The molecule has 17 heavy (non-hydrogen) atoms. The first kappa shape index (κ1) is 18.8. The summed E-state index contributed by atoms with van der Waals surface area (Å²) in [6.45, 7) is 7.70. The first-order valence-electron chi connectivity index (χ1n) is 5.77. The molecule has 1 rings (SSSR count). The first-order valence-corrected chi connectivity index (χ1v) is 5.77. The van der Waals surface area contributed by atoms with Gasteiger partial charge >= 0.3 is 0 Å². The third-order valence-corrected chi connectivity index (χ3v) is 3.99. The predicted octanol–water partition coefficient (Wildman–Crippen LogP) is 4.80. The predicted molar refractivity (Wildman–Crippen MR) is 65.3 cm³/mol. The molecule has 1 fully saturated rings. The number of allylic oxidation sites excluding steroid dienone is 1. The van der Waals surface area contributed by atoms with Crippen molar-refractivity contribution in [2.75, 3.05) is 13.3 Å². The Bertz CT molecular complexity index is 211. The van der Waals surface area contributed by atoms with Crippen LogP contribution in [0.3, 0.4) is 0 Å². The lowest BCUT2D eigenvalue weighted by molar-refractivity contribution is 0.0110. The second-order valence-electron chi connectivity index (χ2n) is 4.96. The van der Waals surface area contributed by atoms with E-state index in [1.54, 1.807) is 6.92 Å². The van der Waals surface area contributed by atoms with Crippen molar-refractivity contribution in [3.63, 3.8) is 0 Å². The third-order valence-electron chi connectivity index (χ3n) is 3.99. The highest BCUT2D eigenvalue weighted by molar-refractivity contribution is 5.02. The molecule has 1 saturated carbocycles. The minimum Gasteiger partial charge on any atom is -0.269 e. The fourth-order valence-electron chi connectivity index (χ4n) is 2.22. The quantitative estimate of drug-likeness (QED) is 0.502. The summed E-state index contributed by atoms with van der Waals surface area (Å²) in [5, 5.41) is 0. The van der Waals surface area contributed by atoms with Gasteiger partial charge in [0, 0.05) is 5.41 Å². The Balaban J connectivity index is 0. The molecule has 0 radical (unpaired) electrons. The van der Waals surface area contributed by atoms with Crippen molar-refractivity contribution < 1.29 is 17.9 Å². The molecule has 4 heteroatoms. The molecule has 0 aromatic carbocycles. The molecule has 0 aromatic heterocycles. The first-order chi connectivity index (χ1) is 7.35. The van der Waals surface area contributed by atoms with E-state index in [0.29, 0.717) is 6.42 Å². The fourth-order valence-corrected chi connectivity index (χ4v) is 2.22. The highest BCUT2D eigenvalue weighted by Gasteiger charge is 2.53. The zero-order valence-electron chi connectivity index (χ0n) is 10.9. The normalized spacial score (nSPS) is 35.5. The molecule has 0 aliphatic heterocycles. The van der Waals surface area contributed by atoms with Gasteiger partial charge in [-0.1, -0.05) is 19.9 Å². The van der Waals surface area contributed by atoms with E-state index < -0.39 is 24.4 Å². The van der Waals surface area contributed by atoms with Gasteiger partial charge < -0.3 is 0 Å². The summed E-state index contributed by atoms with van der Waals surface area (Å²) >= 11 is 0. The van der Waals surface area contributed by atoms with Gasteiger partial charge in [0.25, 0.3) is 0 Å². The highest BCUT2D eigenvalue weighted by Crippen LogP contribution is 2.53. The Labute approximate surface area is 102 Å². The molecule has 3 unspecified atom stereocenters. The van der Waals surface area contributed by atoms with Gasteiger partial charge in [0.2, 0.25) is 0 Å². The maximum atomic E-state index is 14.1. The van der Waals surface area contributed by atoms with Crippen LogP contribution >= 0.6 is 0 Å². The van der Waals surface area contributed by atoms with E-state index >= 15 is 0 Å². The topological polar surface area (TPSA) is 0 Å². The Hall–Kier alpha value is -0.540. The van der Waals surface area contributed by atoms with E-state index in [-0.39, 0.29) is 10.6 Å². The minimum atomic E-state index is -1.18. The molecule has 0 heterocycles. The summed E-state index contributed by atoms with van der Waals surface area (Å²) in [5.74, 6) is 0.0778. The zero-order chi connectivity index (χ0) is 12.8. The molecular weight excluding hydrogens is 232 g/mol. The largest absolute Gasteiger partial charge is 0.269 e. The number of halogens is 4. The van der Waals surface area contributed by atoms with Gasteiger partial charge in [0.1, 0.15) is 12.3 Å². The lowest BCUT2D eigenvalue weighted by Crippen LogP contribution is -2.39. The lowest BCUT2D eigenvalue weighted by atomic mass is 9.74. The fraction of sp³-hybridized carbons (Fsp3) is 0.846. The molecule has 1 aliphatic rings. The number of rotatable bonds is 3. The van der Waals surface area contributed by atoms with Gasteiger partial charge in [-0.05, 0) is 32.1 Å². The van der Waals surface area contributed by atoms with E-state index in [9.17, 15) is 13.2 Å². The van der Waals surface area contributed by atoms with Crippen LogP contribution in [0.1, 0.15) is 40.0 Å². The molecule has 1 aliphatic carbocycles. The Morgan fingerprint density at radius 3 is 2.06 bits per heavy atom. The molecule has 0 bridgehead atoms. The van der Waals surface area contributed by atoms with Crippen LogP contribution in [-0.4, -0.2) is 19.0 Å². The van der Waals surface area contributed by atoms with E-state index in [0.717, 1.165) is 12.8 Å². The van der Waals surface area contributed by atoms with Crippen molar-refractivity contribution in [2.24, 2.45) is 11.3 Å². The van der Waals surface area contributed by atoms with Gasteiger partial charge in [-0.15, -0.1) is 6.58 Å². The van der Waals surface area contributed by atoms with Gasteiger partial charge in [0.05, 0.1) is 6.67 Å². The summed E-state index contributed by atoms with van der Waals surface area (Å²) < 4.78 is 36.9. The van der Waals surface area contributed by atoms with Crippen LogP contribution in [0.2, 0.25) is 0 Å². The monoisotopic (exact) mass is 256 g/mol. The van der Waals surface area contributed by atoms with Crippen LogP contribution in [0.4, 0.5) is 17.9 Å². The molecule has 0 N–H and O–H groups in total. The maximum Gasteiger partial charge on any atom is 0.116 e. The van der Waals surface area contributed by atoms with Crippen LogP contribution < -0.4 is 0 Å². The van der Waals surface area contributed by atoms with Crippen LogP contribution in [0.5, 0.6) is 0 Å². The van der Waals surface area contributed by atoms with E-state index in [2.05, 4.69) is 6.58 Å². The third kappa shape index (κ3) is 4.32. The van der Waals surface area contributed by atoms with E-state index in [1.807, 2.05) is 13.8 Å². The summed E-state index contributed by atoms with van der Waals surface area (Å²) in [4.78, 5) is 0. The Kier molecular flexibility index (Phi) is 8.55. The van der Waals surface area contributed by atoms with Crippen LogP contribution in [0.15, 0.2) is 12.7 Å². The van der Waals surface area contributed by atoms with Gasteiger partial charge in [-0.25, -0.2) is 8.78 Å². The van der Waals surface area contributed by atoms with Crippen LogP contribution in [-0.2, 0) is 0 Å². The Morgan fingerprint density at radius 1 is 1.35 bits per heavy atom. The minimum absolute atomic E-state index is 0. The van der Waals surface area contributed by atoms with Crippen molar-refractivity contribution in [2.45, 2.75) is 45.7 Å². The summed E-state index contributed by atoms with van der Waals surface area (Å²) in [5.41, 5.74) is -1.61. The van der Waals surface area contributed by atoms with Crippen LogP contribution in [0, 0.1) is 11.3 Å². The molecule has 104 valence electrons. The van der Waals surface area contributed by atoms with Crippen molar-refractivity contribution in [3.8, 4) is 0 Å².